The smallest absolute Gasteiger partial charge is 0.266 e. The van der Waals surface area contributed by atoms with Crippen molar-refractivity contribution in [2.45, 2.75) is 25.7 Å². The first kappa shape index (κ1) is 14.4. The minimum Gasteiger partial charge on any atom is -0.312 e. The van der Waals surface area contributed by atoms with E-state index >= 15 is 0 Å². The summed E-state index contributed by atoms with van der Waals surface area (Å²) >= 11 is 0. The van der Waals surface area contributed by atoms with Crippen molar-refractivity contribution in [1.82, 2.24) is 0 Å². The minimum atomic E-state index is -0.271. The molecule has 3 aliphatic rings. The molecule has 5 nitrogen and oxygen atoms in total. The molecule has 0 atom stereocenters. The van der Waals surface area contributed by atoms with Gasteiger partial charge in [-0.1, -0.05) is 12.1 Å². The van der Waals surface area contributed by atoms with E-state index in [-0.39, 0.29) is 17.7 Å². The maximum Gasteiger partial charge on any atom is 0.266 e. The number of hydrogen-bond acceptors (Lipinski definition) is 3. The van der Waals surface area contributed by atoms with Gasteiger partial charge in [-0.05, 0) is 54.7 Å². The summed E-state index contributed by atoms with van der Waals surface area (Å²) in [6.45, 7) is 0.755. The highest BCUT2D eigenvalue weighted by molar-refractivity contribution is 6.34. The van der Waals surface area contributed by atoms with Gasteiger partial charge in [-0.3, -0.25) is 14.4 Å². The van der Waals surface area contributed by atoms with E-state index in [0.717, 1.165) is 36.2 Å². The predicted octanol–water partition coefficient (Wildman–Crippen LogP) is 2.71. The lowest BCUT2D eigenvalue weighted by Gasteiger charge is -2.36. The average Bonchev–Trinajstić information content (AvgIpc) is 2.89. The molecule has 0 fully saturated rings. The quantitative estimate of drug-likeness (QED) is 0.755. The number of nitrogens with zero attached hydrogens (tertiary/aromatic N) is 2. The van der Waals surface area contributed by atoms with Crippen LogP contribution in [0.15, 0.2) is 36.4 Å². The zero-order chi connectivity index (χ0) is 17.1. The van der Waals surface area contributed by atoms with Gasteiger partial charge in [0.25, 0.3) is 11.8 Å². The van der Waals surface area contributed by atoms with Gasteiger partial charge in [-0.15, -0.1) is 0 Å². The largest absolute Gasteiger partial charge is 0.312 e. The van der Waals surface area contributed by atoms with Gasteiger partial charge in [-0.25, -0.2) is 4.90 Å². The standard InChI is InChI=1S/C20H16N2O3/c23-17-8-7-13-11-14(10-12-4-3-9-21(17)18(12)13)22-19(24)15-5-1-2-6-16(15)20(22)25/h1-2,5-6,10-11H,3-4,7-9H2. The normalized spacial score (nSPS) is 18.5. The Labute approximate surface area is 144 Å². The van der Waals surface area contributed by atoms with E-state index in [9.17, 15) is 14.4 Å². The molecule has 2 aromatic rings. The number of carbonyl (C=O) groups is 3. The van der Waals surface area contributed by atoms with Crippen LogP contribution in [0.3, 0.4) is 0 Å². The van der Waals surface area contributed by atoms with Crippen molar-refractivity contribution in [3.8, 4) is 0 Å². The number of fused-ring (bicyclic) bond motifs is 1. The van der Waals surface area contributed by atoms with Crippen molar-refractivity contribution in [3.63, 3.8) is 0 Å². The summed E-state index contributed by atoms with van der Waals surface area (Å²) in [6.07, 6.45) is 2.92. The maximum atomic E-state index is 12.7. The van der Waals surface area contributed by atoms with E-state index in [1.54, 1.807) is 24.3 Å². The minimum absolute atomic E-state index is 0.168. The molecule has 0 saturated heterocycles. The summed E-state index contributed by atoms with van der Waals surface area (Å²) in [6, 6.07) is 10.7. The SMILES string of the molecule is O=C1CCc2cc(N3C(=O)c4ccccc4C3=O)cc3c2N1CCC3. The van der Waals surface area contributed by atoms with Crippen LogP contribution in [0, 0.1) is 0 Å². The van der Waals surface area contributed by atoms with Crippen LogP contribution in [0.25, 0.3) is 0 Å². The first-order valence-corrected chi connectivity index (χ1v) is 8.59. The van der Waals surface area contributed by atoms with Gasteiger partial charge >= 0.3 is 0 Å². The van der Waals surface area contributed by atoms with Crippen LogP contribution < -0.4 is 9.80 Å². The molecule has 0 saturated carbocycles. The molecule has 0 aromatic heterocycles. The van der Waals surface area contributed by atoms with Crippen molar-refractivity contribution in [2.24, 2.45) is 0 Å². The van der Waals surface area contributed by atoms with Crippen molar-refractivity contribution in [1.29, 1.82) is 0 Å². The molecule has 0 spiro atoms. The number of amides is 3. The molecule has 0 unspecified atom stereocenters. The zero-order valence-corrected chi connectivity index (χ0v) is 13.6. The molecular weight excluding hydrogens is 316 g/mol. The molecule has 25 heavy (non-hydrogen) atoms. The van der Waals surface area contributed by atoms with Gasteiger partial charge in [0.15, 0.2) is 0 Å². The Morgan fingerprint density at radius 3 is 2.12 bits per heavy atom. The Hall–Kier alpha value is -2.95. The summed E-state index contributed by atoms with van der Waals surface area (Å²) in [7, 11) is 0. The third-order valence-corrected chi connectivity index (χ3v) is 5.31. The molecule has 3 aliphatic heterocycles. The summed E-state index contributed by atoms with van der Waals surface area (Å²) in [5.41, 5.74) is 4.65. The number of imide groups is 1. The summed E-state index contributed by atoms with van der Waals surface area (Å²) in [5, 5.41) is 0. The molecule has 3 amide bonds. The second-order valence-corrected chi connectivity index (χ2v) is 6.75. The van der Waals surface area contributed by atoms with Crippen molar-refractivity contribution < 1.29 is 14.4 Å². The number of anilines is 2. The molecule has 0 radical (unpaired) electrons. The van der Waals surface area contributed by atoms with Gasteiger partial charge < -0.3 is 4.90 Å². The molecule has 3 heterocycles. The Morgan fingerprint density at radius 2 is 1.44 bits per heavy atom. The van der Waals surface area contributed by atoms with Gasteiger partial charge in [0.05, 0.1) is 22.5 Å². The fraction of sp³-hybridized carbons (Fsp3) is 0.250. The Morgan fingerprint density at radius 1 is 0.800 bits per heavy atom. The van der Waals surface area contributed by atoms with E-state index in [2.05, 4.69) is 0 Å². The summed E-state index contributed by atoms with van der Waals surface area (Å²) in [4.78, 5) is 40.8. The first-order chi connectivity index (χ1) is 12.1. The third-order valence-electron chi connectivity index (χ3n) is 5.31. The van der Waals surface area contributed by atoms with E-state index in [1.165, 1.54) is 4.90 Å². The molecule has 0 aliphatic carbocycles. The van der Waals surface area contributed by atoms with Gasteiger partial charge in [0.1, 0.15) is 0 Å². The topological polar surface area (TPSA) is 57.7 Å². The second-order valence-electron chi connectivity index (χ2n) is 6.75. The zero-order valence-electron chi connectivity index (χ0n) is 13.6. The molecule has 0 N–H and O–H groups in total. The summed E-state index contributed by atoms with van der Waals surface area (Å²) in [5.74, 6) is -0.374. The monoisotopic (exact) mass is 332 g/mol. The van der Waals surface area contributed by atoms with Gasteiger partial charge in [0, 0.05) is 13.0 Å². The van der Waals surface area contributed by atoms with Crippen LogP contribution in [0.2, 0.25) is 0 Å². The van der Waals surface area contributed by atoms with Crippen molar-refractivity contribution in [2.75, 3.05) is 16.3 Å². The van der Waals surface area contributed by atoms with Gasteiger partial charge in [-0.2, -0.15) is 0 Å². The van der Waals surface area contributed by atoms with E-state index < -0.39 is 0 Å². The molecule has 124 valence electrons. The number of carbonyl (C=O) groups excluding carboxylic acids is 3. The second kappa shape index (κ2) is 5.02. The van der Waals surface area contributed by atoms with Crippen LogP contribution in [-0.2, 0) is 17.6 Å². The average molecular weight is 332 g/mol. The Kier molecular flexibility index (Phi) is 2.89. The lowest BCUT2D eigenvalue weighted by Crippen LogP contribution is -2.39. The van der Waals surface area contributed by atoms with Crippen molar-refractivity contribution in [3.05, 3.63) is 58.7 Å². The van der Waals surface area contributed by atoms with E-state index in [4.69, 9.17) is 0 Å². The van der Waals surface area contributed by atoms with Crippen molar-refractivity contribution >= 4 is 29.1 Å². The fourth-order valence-corrected chi connectivity index (χ4v) is 4.19. The summed E-state index contributed by atoms with van der Waals surface area (Å²) < 4.78 is 0. The number of benzene rings is 2. The molecule has 0 bridgehead atoms. The fourth-order valence-electron chi connectivity index (χ4n) is 4.19. The van der Waals surface area contributed by atoms with Crippen LogP contribution in [0.1, 0.15) is 44.7 Å². The highest BCUT2D eigenvalue weighted by atomic mass is 16.2. The van der Waals surface area contributed by atoms with E-state index in [1.807, 2.05) is 17.0 Å². The third kappa shape index (κ3) is 1.92. The Balaban J connectivity index is 1.64. The van der Waals surface area contributed by atoms with Crippen LogP contribution in [-0.4, -0.2) is 24.3 Å². The number of rotatable bonds is 1. The predicted molar refractivity (Wildman–Crippen MR) is 93.0 cm³/mol. The Bertz CT molecular complexity index is 911. The molecule has 5 heteroatoms. The maximum absolute atomic E-state index is 12.7. The lowest BCUT2D eigenvalue weighted by molar-refractivity contribution is -0.119. The van der Waals surface area contributed by atoms with Crippen LogP contribution in [0.4, 0.5) is 11.4 Å². The van der Waals surface area contributed by atoms with Crippen LogP contribution in [0.5, 0.6) is 0 Å². The first-order valence-electron chi connectivity index (χ1n) is 8.59. The number of aryl methyl sites for hydroxylation is 2. The van der Waals surface area contributed by atoms with Gasteiger partial charge in [0.2, 0.25) is 5.91 Å². The molecule has 2 aromatic carbocycles. The molecular formula is C20H16N2O3. The highest BCUT2D eigenvalue weighted by Crippen LogP contribution is 2.40. The lowest BCUT2D eigenvalue weighted by atomic mass is 9.91. The van der Waals surface area contributed by atoms with Crippen LogP contribution >= 0.6 is 0 Å². The molecule has 5 rings (SSSR count). The number of hydrogen-bond donors (Lipinski definition) is 0. The highest BCUT2D eigenvalue weighted by Gasteiger charge is 2.38. The van der Waals surface area contributed by atoms with E-state index in [0.29, 0.717) is 29.7 Å².